The van der Waals surface area contributed by atoms with E-state index in [2.05, 4.69) is 10.6 Å². The fraction of sp³-hybridized carbons (Fsp3) is 0.444. The fourth-order valence-corrected chi connectivity index (χ4v) is 3.20. The SMILES string of the molecule is CCSCCOC(=O)C1=C(C)NC(=O)NC1c1cc(OC)c(O)c(OC)c1. The Hall–Kier alpha value is -2.55. The van der Waals surface area contributed by atoms with Gasteiger partial charge in [-0.25, -0.2) is 9.59 Å². The number of amides is 2. The third-order valence-corrected chi connectivity index (χ3v) is 4.85. The van der Waals surface area contributed by atoms with Crippen molar-refractivity contribution in [2.45, 2.75) is 19.9 Å². The van der Waals surface area contributed by atoms with Crippen molar-refractivity contribution in [3.8, 4) is 17.2 Å². The van der Waals surface area contributed by atoms with E-state index in [0.29, 0.717) is 17.0 Å². The van der Waals surface area contributed by atoms with Gasteiger partial charge in [0.2, 0.25) is 5.75 Å². The maximum Gasteiger partial charge on any atom is 0.338 e. The number of phenolic OH excluding ortho intramolecular Hbond substituents is 1. The molecule has 27 heavy (non-hydrogen) atoms. The molecule has 1 aromatic carbocycles. The zero-order valence-corrected chi connectivity index (χ0v) is 16.6. The molecule has 1 aliphatic rings. The second-order valence-corrected chi connectivity index (χ2v) is 7.07. The number of thioether (sulfide) groups is 1. The first kappa shape index (κ1) is 20.8. The highest BCUT2D eigenvalue weighted by atomic mass is 32.2. The van der Waals surface area contributed by atoms with E-state index in [1.807, 2.05) is 6.92 Å². The van der Waals surface area contributed by atoms with E-state index in [4.69, 9.17) is 14.2 Å². The van der Waals surface area contributed by atoms with Crippen molar-refractivity contribution in [1.82, 2.24) is 10.6 Å². The topological polar surface area (TPSA) is 106 Å². The van der Waals surface area contributed by atoms with Gasteiger partial charge in [0.1, 0.15) is 6.61 Å². The smallest absolute Gasteiger partial charge is 0.338 e. The molecule has 0 saturated heterocycles. The lowest BCUT2D eigenvalue weighted by molar-refractivity contribution is -0.138. The largest absolute Gasteiger partial charge is 0.502 e. The molecule has 0 bridgehead atoms. The van der Waals surface area contributed by atoms with Crippen LogP contribution < -0.4 is 20.1 Å². The summed E-state index contributed by atoms with van der Waals surface area (Å²) in [6.07, 6.45) is 0. The van der Waals surface area contributed by atoms with Crippen LogP contribution in [0.1, 0.15) is 25.5 Å². The molecule has 0 aliphatic carbocycles. The summed E-state index contributed by atoms with van der Waals surface area (Å²) in [5.74, 6) is 1.29. The Morgan fingerprint density at radius 3 is 2.44 bits per heavy atom. The lowest BCUT2D eigenvalue weighted by atomic mass is 9.95. The molecule has 0 spiro atoms. The summed E-state index contributed by atoms with van der Waals surface area (Å²) in [7, 11) is 2.81. The minimum atomic E-state index is -0.770. The van der Waals surface area contributed by atoms with E-state index in [1.54, 1.807) is 30.8 Å². The number of allylic oxidation sites excluding steroid dienone is 1. The lowest BCUT2D eigenvalue weighted by Gasteiger charge is -2.28. The normalized spacial score (nSPS) is 16.4. The summed E-state index contributed by atoms with van der Waals surface area (Å²) in [6, 6.07) is 1.87. The first-order valence-electron chi connectivity index (χ1n) is 8.40. The van der Waals surface area contributed by atoms with Gasteiger partial charge in [0.05, 0.1) is 25.8 Å². The number of urea groups is 1. The van der Waals surface area contributed by atoms with Gasteiger partial charge in [-0.15, -0.1) is 0 Å². The van der Waals surface area contributed by atoms with Crippen LogP contribution in [0.4, 0.5) is 4.79 Å². The second kappa shape index (κ2) is 9.40. The number of aromatic hydroxyl groups is 1. The first-order chi connectivity index (χ1) is 12.9. The van der Waals surface area contributed by atoms with Crippen LogP contribution in [0.25, 0.3) is 0 Å². The predicted octanol–water partition coefficient (Wildman–Crippen LogP) is 2.33. The van der Waals surface area contributed by atoms with E-state index in [1.165, 1.54) is 14.2 Å². The zero-order valence-electron chi connectivity index (χ0n) is 15.8. The highest BCUT2D eigenvalue weighted by Crippen LogP contribution is 2.40. The summed E-state index contributed by atoms with van der Waals surface area (Å²) in [6.45, 7) is 3.94. The molecule has 1 unspecified atom stereocenters. The van der Waals surface area contributed by atoms with Gasteiger partial charge in [0, 0.05) is 11.4 Å². The average Bonchev–Trinajstić information content (AvgIpc) is 2.64. The molecule has 0 radical (unpaired) electrons. The number of esters is 1. The van der Waals surface area contributed by atoms with Gasteiger partial charge in [-0.3, -0.25) is 0 Å². The van der Waals surface area contributed by atoms with E-state index < -0.39 is 18.0 Å². The highest BCUT2D eigenvalue weighted by molar-refractivity contribution is 7.99. The number of hydrogen-bond acceptors (Lipinski definition) is 7. The van der Waals surface area contributed by atoms with Gasteiger partial charge in [-0.05, 0) is 30.4 Å². The molecule has 1 atom stereocenters. The summed E-state index contributed by atoms with van der Waals surface area (Å²) < 4.78 is 15.7. The monoisotopic (exact) mass is 396 g/mol. The Morgan fingerprint density at radius 1 is 1.26 bits per heavy atom. The molecule has 0 aromatic heterocycles. The minimum Gasteiger partial charge on any atom is -0.502 e. The molecule has 1 heterocycles. The van der Waals surface area contributed by atoms with Gasteiger partial charge < -0.3 is 30.0 Å². The molecule has 9 heteroatoms. The molecule has 0 saturated carbocycles. The molecule has 8 nitrogen and oxygen atoms in total. The summed E-state index contributed by atoms with van der Waals surface area (Å²) in [5.41, 5.74) is 1.21. The van der Waals surface area contributed by atoms with Crippen LogP contribution in [0.3, 0.4) is 0 Å². The number of nitrogens with one attached hydrogen (secondary N) is 2. The van der Waals surface area contributed by atoms with Crippen molar-refractivity contribution in [1.29, 1.82) is 0 Å². The number of benzene rings is 1. The Labute approximate surface area is 162 Å². The van der Waals surface area contributed by atoms with Gasteiger partial charge in [-0.2, -0.15) is 11.8 Å². The van der Waals surface area contributed by atoms with Crippen molar-refractivity contribution in [2.75, 3.05) is 32.3 Å². The van der Waals surface area contributed by atoms with Crippen LogP contribution >= 0.6 is 11.8 Å². The van der Waals surface area contributed by atoms with Crippen molar-refractivity contribution >= 4 is 23.8 Å². The highest BCUT2D eigenvalue weighted by Gasteiger charge is 2.33. The molecular weight excluding hydrogens is 372 g/mol. The second-order valence-electron chi connectivity index (χ2n) is 5.68. The lowest BCUT2D eigenvalue weighted by Crippen LogP contribution is -2.45. The summed E-state index contributed by atoms with van der Waals surface area (Å²) in [5, 5.41) is 15.4. The van der Waals surface area contributed by atoms with Crippen LogP contribution in [0, 0.1) is 0 Å². The van der Waals surface area contributed by atoms with Gasteiger partial charge >= 0.3 is 12.0 Å². The maximum atomic E-state index is 12.6. The minimum absolute atomic E-state index is 0.162. The maximum absolute atomic E-state index is 12.6. The van der Waals surface area contributed by atoms with Crippen LogP contribution in [0.5, 0.6) is 17.2 Å². The van der Waals surface area contributed by atoms with Gasteiger partial charge in [-0.1, -0.05) is 6.92 Å². The average molecular weight is 396 g/mol. The van der Waals surface area contributed by atoms with E-state index >= 15 is 0 Å². The van der Waals surface area contributed by atoms with Crippen molar-refractivity contribution in [3.05, 3.63) is 29.0 Å². The van der Waals surface area contributed by atoms with E-state index in [0.717, 1.165) is 5.75 Å². The Kier molecular flexibility index (Phi) is 7.23. The Bertz CT molecular complexity index is 724. The molecule has 1 aliphatic heterocycles. The molecule has 0 fully saturated rings. The number of carbonyl (C=O) groups is 2. The summed E-state index contributed by atoms with van der Waals surface area (Å²) >= 11 is 1.67. The first-order valence-corrected chi connectivity index (χ1v) is 9.56. The Balaban J connectivity index is 2.39. The standard InChI is InChI=1S/C18H24N2O6S/c1-5-27-7-6-26-17(22)14-10(2)19-18(23)20-15(14)11-8-12(24-3)16(21)13(9-11)25-4/h8-9,15,21H,5-7H2,1-4H3,(H2,19,20,23). The molecular formula is C18H24N2O6S. The quantitative estimate of drug-likeness (QED) is 0.457. The van der Waals surface area contributed by atoms with Crippen LogP contribution in [-0.2, 0) is 9.53 Å². The van der Waals surface area contributed by atoms with Gasteiger partial charge in [0.25, 0.3) is 0 Å². The van der Waals surface area contributed by atoms with Crippen LogP contribution in [0.2, 0.25) is 0 Å². The van der Waals surface area contributed by atoms with Crippen molar-refractivity contribution in [3.63, 3.8) is 0 Å². The number of phenols is 1. The zero-order chi connectivity index (χ0) is 20.0. The van der Waals surface area contributed by atoms with Crippen LogP contribution in [-0.4, -0.2) is 49.4 Å². The van der Waals surface area contributed by atoms with E-state index in [-0.39, 0.29) is 29.4 Å². The third-order valence-electron chi connectivity index (χ3n) is 3.99. The number of rotatable bonds is 8. The van der Waals surface area contributed by atoms with Crippen molar-refractivity contribution < 1.29 is 28.9 Å². The predicted molar refractivity (Wildman–Crippen MR) is 102 cm³/mol. The third kappa shape index (κ3) is 4.79. The molecule has 3 N–H and O–H groups in total. The Morgan fingerprint density at radius 2 is 1.89 bits per heavy atom. The molecule has 148 valence electrons. The van der Waals surface area contributed by atoms with Crippen molar-refractivity contribution in [2.24, 2.45) is 0 Å². The van der Waals surface area contributed by atoms with E-state index in [9.17, 15) is 14.7 Å². The van der Waals surface area contributed by atoms with Gasteiger partial charge in [0.15, 0.2) is 11.5 Å². The number of hydrogen-bond donors (Lipinski definition) is 3. The number of methoxy groups -OCH3 is 2. The number of ether oxygens (including phenoxy) is 3. The fourth-order valence-electron chi connectivity index (χ4n) is 2.71. The molecule has 2 amide bonds. The van der Waals surface area contributed by atoms with Crippen LogP contribution in [0.15, 0.2) is 23.4 Å². The summed E-state index contributed by atoms with van der Waals surface area (Å²) in [4.78, 5) is 24.6. The number of carbonyl (C=O) groups excluding carboxylic acids is 2. The molecule has 2 rings (SSSR count). The molecule has 1 aromatic rings.